The van der Waals surface area contributed by atoms with Gasteiger partial charge in [0.15, 0.2) is 11.6 Å². The van der Waals surface area contributed by atoms with E-state index in [9.17, 15) is 14.7 Å². The van der Waals surface area contributed by atoms with Crippen molar-refractivity contribution >= 4 is 22.6 Å². The Morgan fingerprint density at radius 2 is 2.06 bits per heavy atom. The van der Waals surface area contributed by atoms with Gasteiger partial charge in [-0.15, -0.1) is 0 Å². The van der Waals surface area contributed by atoms with E-state index in [4.69, 9.17) is 10.5 Å². The first-order valence-corrected chi connectivity index (χ1v) is 10.7. The minimum Gasteiger partial charge on any atom is -0.487 e. The summed E-state index contributed by atoms with van der Waals surface area (Å²) >= 11 is 0. The molecular formula is C24H24FN3O4. The Balaban J connectivity index is 1.59. The van der Waals surface area contributed by atoms with Gasteiger partial charge >= 0.3 is 5.97 Å². The summed E-state index contributed by atoms with van der Waals surface area (Å²) < 4.78 is 23.0. The van der Waals surface area contributed by atoms with Crippen LogP contribution in [0.3, 0.4) is 0 Å². The van der Waals surface area contributed by atoms with E-state index in [1.165, 1.54) is 6.20 Å². The number of ether oxygens (including phenoxy) is 1. The van der Waals surface area contributed by atoms with Gasteiger partial charge in [-0.05, 0) is 30.9 Å². The van der Waals surface area contributed by atoms with Crippen LogP contribution in [0.2, 0.25) is 0 Å². The normalized spacial score (nSPS) is 20.9. The number of halogens is 1. The van der Waals surface area contributed by atoms with Crippen molar-refractivity contribution in [1.82, 2.24) is 4.57 Å². The Labute approximate surface area is 183 Å². The molecule has 2 aromatic carbocycles. The van der Waals surface area contributed by atoms with E-state index >= 15 is 4.39 Å². The number of nitrogens with two attached hydrogens (primary N) is 1. The molecule has 0 radical (unpaired) electrons. The Bertz CT molecular complexity index is 1270. The van der Waals surface area contributed by atoms with Crippen LogP contribution in [0, 0.1) is 11.7 Å². The lowest BCUT2D eigenvalue weighted by atomic mass is 9.93. The van der Waals surface area contributed by atoms with Crippen molar-refractivity contribution in [2.24, 2.45) is 11.7 Å². The zero-order valence-corrected chi connectivity index (χ0v) is 17.6. The third-order valence-electron chi connectivity index (χ3n) is 6.61. The number of hydrogen-bond acceptors (Lipinski definition) is 5. The number of aromatic carboxylic acids is 1. The molecule has 166 valence electrons. The lowest BCUT2D eigenvalue weighted by Gasteiger charge is -2.31. The van der Waals surface area contributed by atoms with Crippen LogP contribution in [-0.4, -0.2) is 35.3 Å². The summed E-state index contributed by atoms with van der Waals surface area (Å²) in [6, 6.07) is 10.6. The Morgan fingerprint density at radius 1 is 1.31 bits per heavy atom. The van der Waals surface area contributed by atoms with E-state index in [1.807, 2.05) is 42.2 Å². The summed E-state index contributed by atoms with van der Waals surface area (Å²) in [5.74, 6) is -1.50. The summed E-state index contributed by atoms with van der Waals surface area (Å²) in [5, 5.41) is 9.45. The molecule has 2 aliphatic rings. The monoisotopic (exact) mass is 437 g/mol. The van der Waals surface area contributed by atoms with Crippen LogP contribution in [0.5, 0.6) is 5.75 Å². The second-order valence-corrected chi connectivity index (χ2v) is 8.61. The molecule has 1 unspecified atom stereocenters. The number of carbonyl (C=O) groups is 1. The molecule has 3 N–H and O–H groups in total. The van der Waals surface area contributed by atoms with Gasteiger partial charge in [0.25, 0.3) is 0 Å². The molecule has 8 heteroatoms. The SMILES string of the molecule is C[C@H]1COc2c(N3CC[C@@H](C(N)c4ccccc4)C3)c(F)cc3c(=O)c(C(=O)O)cn1c23. The van der Waals surface area contributed by atoms with Gasteiger partial charge in [-0.3, -0.25) is 4.79 Å². The largest absolute Gasteiger partial charge is 0.487 e. The standard InChI is InChI=1S/C24H24FN3O4/c1-13-12-32-23-20-16(22(29)17(24(30)31)11-28(13)20)9-18(25)21(23)27-8-7-15(10-27)19(26)14-5-3-2-4-6-14/h2-6,9,11,13,15,19H,7-8,10,12,26H2,1H3,(H,30,31)/t13-,15+,19?/m0/s1. The molecule has 32 heavy (non-hydrogen) atoms. The van der Waals surface area contributed by atoms with Crippen molar-refractivity contribution in [2.75, 3.05) is 24.6 Å². The molecule has 7 nitrogen and oxygen atoms in total. The molecule has 0 saturated carbocycles. The number of carboxylic acids is 1. The molecule has 0 aliphatic carbocycles. The fourth-order valence-corrected chi connectivity index (χ4v) is 4.89. The highest BCUT2D eigenvalue weighted by Gasteiger charge is 2.34. The van der Waals surface area contributed by atoms with Crippen molar-refractivity contribution in [2.45, 2.75) is 25.4 Å². The predicted molar refractivity (Wildman–Crippen MR) is 119 cm³/mol. The third-order valence-corrected chi connectivity index (χ3v) is 6.61. The first-order chi connectivity index (χ1) is 15.4. The predicted octanol–water partition coefficient (Wildman–Crippen LogP) is 3.32. The van der Waals surface area contributed by atoms with Crippen LogP contribution in [0.1, 0.15) is 41.3 Å². The lowest BCUT2D eigenvalue weighted by molar-refractivity contribution is 0.0694. The van der Waals surface area contributed by atoms with Crippen LogP contribution in [0.4, 0.5) is 10.1 Å². The van der Waals surface area contributed by atoms with Crippen LogP contribution in [0.25, 0.3) is 10.9 Å². The van der Waals surface area contributed by atoms with E-state index in [2.05, 4.69) is 0 Å². The van der Waals surface area contributed by atoms with Crippen molar-refractivity contribution in [3.8, 4) is 5.75 Å². The maximum atomic E-state index is 15.4. The zero-order chi connectivity index (χ0) is 22.6. The molecule has 0 bridgehead atoms. The quantitative estimate of drug-likeness (QED) is 0.650. The summed E-state index contributed by atoms with van der Waals surface area (Å²) in [4.78, 5) is 26.2. The minimum atomic E-state index is -1.33. The van der Waals surface area contributed by atoms with Gasteiger partial charge in [-0.2, -0.15) is 0 Å². The van der Waals surface area contributed by atoms with Crippen molar-refractivity contribution in [3.63, 3.8) is 0 Å². The third kappa shape index (κ3) is 3.14. The number of carboxylic acid groups (broad SMARTS) is 1. The molecule has 3 aromatic rings. The molecule has 0 amide bonds. The fraction of sp³-hybridized carbons (Fsp3) is 0.333. The zero-order valence-electron chi connectivity index (χ0n) is 17.6. The smallest absolute Gasteiger partial charge is 0.341 e. The summed E-state index contributed by atoms with van der Waals surface area (Å²) in [5.41, 5.74) is 7.21. The van der Waals surface area contributed by atoms with Gasteiger partial charge in [0.05, 0.1) is 16.9 Å². The number of nitrogens with zero attached hydrogens (tertiary/aromatic N) is 2. The highest BCUT2D eigenvalue weighted by molar-refractivity contribution is 5.97. The summed E-state index contributed by atoms with van der Waals surface area (Å²) in [6.07, 6.45) is 2.14. The fourth-order valence-electron chi connectivity index (χ4n) is 4.89. The van der Waals surface area contributed by atoms with Gasteiger partial charge < -0.3 is 25.0 Å². The molecule has 1 saturated heterocycles. The topological polar surface area (TPSA) is 97.8 Å². The maximum absolute atomic E-state index is 15.4. The highest BCUT2D eigenvalue weighted by Crippen LogP contribution is 2.44. The molecule has 2 aliphatic heterocycles. The van der Waals surface area contributed by atoms with Gasteiger partial charge in [-0.25, -0.2) is 9.18 Å². The van der Waals surface area contributed by atoms with Gasteiger partial charge in [-0.1, -0.05) is 30.3 Å². The second kappa shape index (κ2) is 7.63. The highest BCUT2D eigenvalue weighted by atomic mass is 19.1. The Morgan fingerprint density at radius 3 is 2.78 bits per heavy atom. The van der Waals surface area contributed by atoms with Gasteiger partial charge in [0.2, 0.25) is 5.43 Å². The maximum Gasteiger partial charge on any atom is 0.341 e. The van der Waals surface area contributed by atoms with Crippen LogP contribution >= 0.6 is 0 Å². The average Bonchev–Trinajstić information content (AvgIpc) is 3.26. The summed E-state index contributed by atoms with van der Waals surface area (Å²) in [6.45, 7) is 3.28. The molecule has 5 rings (SSSR count). The molecule has 3 heterocycles. The van der Waals surface area contributed by atoms with E-state index in [0.29, 0.717) is 30.0 Å². The van der Waals surface area contributed by atoms with E-state index in [0.717, 1.165) is 18.1 Å². The van der Waals surface area contributed by atoms with E-state index < -0.39 is 17.2 Å². The minimum absolute atomic E-state index is 0.0180. The van der Waals surface area contributed by atoms with Crippen molar-refractivity contribution in [1.29, 1.82) is 0 Å². The molecule has 0 spiro atoms. The molecule has 1 fully saturated rings. The first-order valence-electron chi connectivity index (χ1n) is 10.7. The molecule has 1 aromatic heterocycles. The van der Waals surface area contributed by atoms with Crippen molar-refractivity contribution in [3.05, 3.63) is 69.8 Å². The number of benzene rings is 2. The number of aromatic nitrogens is 1. The second-order valence-electron chi connectivity index (χ2n) is 8.61. The summed E-state index contributed by atoms with van der Waals surface area (Å²) in [7, 11) is 0. The van der Waals surface area contributed by atoms with Gasteiger partial charge in [0, 0.05) is 25.3 Å². The van der Waals surface area contributed by atoms with E-state index in [1.54, 1.807) is 4.57 Å². The number of anilines is 1. The van der Waals surface area contributed by atoms with Crippen LogP contribution < -0.4 is 20.8 Å². The number of rotatable bonds is 4. The molecule has 3 atom stereocenters. The molecular weight excluding hydrogens is 413 g/mol. The lowest BCUT2D eigenvalue weighted by Crippen LogP contribution is -2.30. The number of hydrogen-bond donors (Lipinski definition) is 2. The Kier molecular flexibility index (Phi) is 4.89. The van der Waals surface area contributed by atoms with Crippen LogP contribution in [-0.2, 0) is 0 Å². The van der Waals surface area contributed by atoms with Crippen molar-refractivity contribution < 1.29 is 19.0 Å². The van der Waals surface area contributed by atoms with E-state index in [-0.39, 0.29) is 35.6 Å². The van der Waals surface area contributed by atoms with Crippen LogP contribution in [0.15, 0.2) is 47.4 Å². The first kappa shape index (κ1) is 20.5. The Hall–Kier alpha value is -3.39. The number of pyridine rings is 1. The average molecular weight is 437 g/mol. The van der Waals surface area contributed by atoms with Gasteiger partial charge in [0.1, 0.15) is 17.9 Å².